The summed E-state index contributed by atoms with van der Waals surface area (Å²) in [6.45, 7) is -0.299. The molecular weight excluding hydrogens is 231 g/mol. The van der Waals surface area contributed by atoms with Crippen LogP contribution in [-0.2, 0) is 4.74 Å². The molecule has 0 bridgehead atoms. The fraction of sp³-hybridized carbons (Fsp3) is 0.500. The number of hydrogen-bond donors (Lipinski definition) is 1. The third-order valence-corrected chi connectivity index (χ3v) is 2.42. The summed E-state index contributed by atoms with van der Waals surface area (Å²) in [7, 11) is 1.77. The van der Waals surface area contributed by atoms with Crippen LogP contribution in [0.4, 0.5) is 13.2 Å². The molecule has 0 aliphatic heterocycles. The smallest absolute Gasteiger partial charge is 0.261 e. The largest absolute Gasteiger partial charge is 0.375 e. The first-order chi connectivity index (χ1) is 8.13. The first kappa shape index (κ1) is 14.0. The SMILES string of the molecule is CNC(CCOCC(F)F)c1ccc(F)cc1. The molecule has 17 heavy (non-hydrogen) atoms. The van der Waals surface area contributed by atoms with E-state index in [0.717, 1.165) is 5.56 Å². The quantitative estimate of drug-likeness (QED) is 0.748. The lowest BCUT2D eigenvalue weighted by Crippen LogP contribution is -2.19. The Morgan fingerprint density at radius 2 is 1.88 bits per heavy atom. The molecule has 1 N–H and O–H groups in total. The van der Waals surface area contributed by atoms with Gasteiger partial charge in [0, 0.05) is 12.6 Å². The van der Waals surface area contributed by atoms with Gasteiger partial charge in [-0.3, -0.25) is 0 Å². The maximum Gasteiger partial charge on any atom is 0.261 e. The standard InChI is InChI=1S/C12H16F3NO/c1-16-11(6-7-17-8-12(14)15)9-2-4-10(13)5-3-9/h2-5,11-12,16H,6-8H2,1H3. The van der Waals surface area contributed by atoms with Crippen LogP contribution < -0.4 is 5.32 Å². The summed E-state index contributed by atoms with van der Waals surface area (Å²) in [6.07, 6.45) is -1.87. The molecule has 96 valence electrons. The first-order valence-electron chi connectivity index (χ1n) is 5.42. The number of ether oxygens (including phenoxy) is 1. The van der Waals surface area contributed by atoms with Crippen LogP contribution in [0.5, 0.6) is 0 Å². The zero-order chi connectivity index (χ0) is 12.7. The van der Waals surface area contributed by atoms with E-state index in [4.69, 9.17) is 4.74 Å². The minimum absolute atomic E-state index is 0.0201. The number of alkyl halides is 2. The Kier molecular flexibility index (Phi) is 6.00. The fourth-order valence-corrected chi connectivity index (χ4v) is 1.55. The zero-order valence-corrected chi connectivity index (χ0v) is 9.63. The van der Waals surface area contributed by atoms with E-state index < -0.39 is 13.0 Å². The number of hydrogen-bond acceptors (Lipinski definition) is 2. The molecule has 0 amide bonds. The van der Waals surface area contributed by atoms with E-state index in [1.165, 1.54) is 12.1 Å². The van der Waals surface area contributed by atoms with Crippen molar-refractivity contribution in [2.45, 2.75) is 18.9 Å². The van der Waals surface area contributed by atoms with E-state index >= 15 is 0 Å². The number of rotatable bonds is 7. The average Bonchev–Trinajstić information content (AvgIpc) is 2.30. The van der Waals surface area contributed by atoms with Gasteiger partial charge in [0.25, 0.3) is 6.43 Å². The molecule has 2 nitrogen and oxygen atoms in total. The Bertz CT molecular complexity index is 316. The molecule has 1 unspecified atom stereocenters. The highest BCUT2D eigenvalue weighted by molar-refractivity contribution is 5.19. The third-order valence-electron chi connectivity index (χ3n) is 2.42. The summed E-state index contributed by atoms with van der Waals surface area (Å²) in [5, 5.41) is 3.04. The maximum absolute atomic E-state index is 12.7. The molecule has 1 atom stereocenters. The van der Waals surface area contributed by atoms with Crippen molar-refractivity contribution in [3.05, 3.63) is 35.6 Å². The molecular formula is C12H16F3NO. The molecule has 0 aromatic heterocycles. The van der Waals surface area contributed by atoms with E-state index in [2.05, 4.69) is 5.32 Å². The molecule has 0 saturated carbocycles. The third kappa shape index (κ3) is 5.19. The van der Waals surface area contributed by atoms with Gasteiger partial charge in [-0.05, 0) is 31.2 Å². The van der Waals surface area contributed by atoms with Crippen molar-refractivity contribution in [3.8, 4) is 0 Å². The van der Waals surface area contributed by atoms with Crippen LogP contribution in [0.25, 0.3) is 0 Å². The van der Waals surface area contributed by atoms with E-state index in [0.29, 0.717) is 6.42 Å². The molecule has 0 saturated heterocycles. The van der Waals surface area contributed by atoms with Crippen molar-refractivity contribution in [3.63, 3.8) is 0 Å². The van der Waals surface area contributed by atoms with Crippen molar-refractivity contribution >= 4 is 0 Å². The van der Waals surface area contributed by atoms with Crippen LogP contribution in [0, 0.1) is 5.82 Å². The second kappa shape index (κ2) is 7.29. The van der Waals surface area contributed by atoms with Gasteiger partial charge in [-0.25, -0.2) is 13.2 Å². The Hall–Kier alpha value is -1.07. The predicted molar refractivity (Wildman–Crippen MR) is 59.6 cm³/mol. The van der Waals surface area contributed by atoms with Crippen molar-refractivity contribution < 1.29 is 17.9 Å². The topological polar surface area (TPSA) is 21.3 Å². The highest BCUT2D eigenvalue weighted by Gasteiger charge is 2.09. The average molecular weight is 247 g/mol. The second-order valence-electron chi connectivity index (χ2n) is 3.65. The van der Waals surface area contributed by atoms with Gasteiger partial charge < -0.3 is 10.1 Å². The molecule has 0 aliphatic carbocycles. The molecule has 5 heteroatoms. The lowest BCUT2D eigenvalue weighted by molar-refractivity contribution is 0.0145. The van der Waals surface area contributed by atoms with Gasteiger partial charge in [-0.2, -0.15) is 0 Å². The number of nitrogens with one attached hydrogen (secondary N) is 1. The lowest BCUT2D eigenvalue weighted by atomic mass is 10.0. The van der Waals surface area contributed by atoms with Gasteiger partial charge in [0.15, 0.2) is 0 Å². The zero-order valence-electron chi connectivity index (χ0n) is 9.63. The highest BCUT2D eigenvalue weighted by Crippen LogP contribution is 2.16. The Balaban J connectivity index is 2.40. The number of halogens is 3. The van der Waals surface area contributed by atoms with E-state index in [9.17, 15) is 13.2 Å². The highest BCUT2D eigenvalue weighted by atomic mass is 19.3. The van der Waals surface area contributed by atoms with Gasteiger partial charge in [0.05, 0.1) is 0 Å². The molecule has 0 aliphatic rings. The molecule has 1 aromatic carbocycles. The predicted octanol–water partition coefficient (Wildman–Crippen LogP) is 2.76. The molecule has 1 rings (SSSR count). The van der Waals surface area contributed by atoms with Crippen LogP contribution in [0.3, 0.4) is 0 Å². The summed E-state index contributed by atoms with van der Waals surface area (Å²) in [5.74, 6) is -0.294. The van der Waals surface area contributed by atoms with Crippen LogP contribution in [0.1, 0.15) is 18.0 Å². The second-order valence-corrected chi connectivity index (χ2v) is 3.65. The van der Waals surface area contributed by atoms with Crippen molar-refractivity contribution in [1.82, 2.24) is 5.32 Å². The lowest BCUT2D eigenvalue weighted by Gasteiger charge is -2.16. The van der Waals surface area contributed by atoms with E-state index in [1.807, 2.05) is 0 Å². The van der Waals surface area contributed by atoms with Crippen LogP contribution >= 0.6 is 0 Å². The van der Waals surface area contributed by atoms with Gasteiger partial charge >= 0.3 is 0 Å². The van der Waals surface area contributed by atoms with Gasteiger partial charge in [-0.15, -0.1) is 0 Å². The van der Waals surface area contributed by atoms with Crippen LogP contribution in [0.2, 0.25) is 0 Å². The van der Waals surface area contributed by atoms with Gasteiger partial charge in [-0.1, -0.05) is 12.1 Å². The van der Waals surface area contributed by atoms with Crippen molar-refractivity contribution in [1.29, 1.82) is 0 Å². The molecule has 0 radical (unpaired) electrons. The minimum Gasteiger partial charge on any atom is -0.375 e. The Labute approximate surface area is 98.8 Å². The monoisotopic (exact) mass is 247 g/mol. The fourth-order valence-electron chi connectivity index (χ4n) is 1.55. The molecule has 0 fully saturated rings. The molecule has 0 heterocycles. The van der Waals surface area contributed by atoms with Crippen molar-refractivity contribution in [2.75, 3.05) is 20.3 Å². The van der Waals surface area contributed by atoms with Crippen molar-refractivity contribution in [2.24, 2.45) is 0 Å². The van der Waals surface area contributed by atoms with Gasteiger partial charge in [0.1, 0.15) is 12.4 Å². The minimum atomic E-state index is -2.44. The maximum atomic E-state index is 12.7. The Morgan fingerprint density at radius 1 is 1.24 bits per heavy atom. The van der Waals surface area contributed by atoms with Crippen LogP contribution in [0.15, 0.2) is 24.3 Å². The van der Waals surface area contributed by atoms with Crippen LogP contribution in [-0.4, -0.2) is 26.7 Å². The summed E-state index contributed by atoms with van der Waals surface area (Å²) in [6, 6.07) is 6.07. The summed E-state index contributed by atoms with van der Waals surface area (Å²) >= 11 is 0. The summed E-state index contributed by atoms with van der Waals surface area (Å²) < 4.78 is 41.2. The van der Waals surface area contributed by atoms with E-state index in [1.54, 1.807) is 19.2 Å². The van der Waals surface area contributed by atoms with Gasteiger partial charge in [0.2, 0.25) is 0 Å². The normalized spacial score (nSPS) is 13.0. The Morgan fingerprint density at radius 3 is 2.41 bits per heavy atom. The molecule has 1 aromatic rings. The molecule has 0 spiro atoms. The summed E-state index contributed by atoms with van der Waals surface area (Å²) in [4.78, 5) is 0. The first-order valence-corrected chi connectivity index (χ1v) is 5.42. The summed E-state index contributed by atoms with van der Waals surface area (Å²) in [5.41, 5.74) is 0.912. The van der Waals surface area contributed by atoms with E-state index in [-0.39, 0.29) is 18.5 Å². The number of benzene rings is 1.